The Bertz CT molecular complexity index is 4600. The smallest absolute Gasteiger partial charge is 0.205 e. The molecule has 32 N–H and O–H groups in total. The van der Waals surface area contributed by atoms with Crippen LogP contribution in [-0.4, -0.2) is 143 Å². The predicted molar refractivity (Wildman–Crippen MR) is 264 cm³/mol. The monoisotopic (exact) mass is 1110 g/mol. The summed E-state index contributed by atoms with van der Waals surface area (Å²) in [7, 11) is 0. The predicted octanol–water partition coefficient (Wildman–Crippen LogP) is 3.90. The lowest BCUT2D eigenvalue weighted by molar-refractivity contribution is 0.339. The van der Waals surface area contributed by atoms with Crippen molar-refractivity contribution < 1.29 is 147 Å². The summed E-state index contributed by atoms with van der Waals surface area (Å²) in [5, 5.41) is 308. The third kappa shape index (κ3) is 5.34. The molecule has 0 radical (unpaired) electrons. The summed E-state index contributed by atoms with van der Waals surface area (Å²) in [4.78, 5) is 0. The van der Waals surface area contributed by atoms with Gasteiger partial charge >= 0.3 is 0 Å². The third-order valence-corrected chi connectivity index (χ3v) is 14.2. The van der Waals surface area contributed by atoms with Gasteiger partial charge in [0.15, 0.2) is 103 Å². The molecule has 31 heteroatoms. The minimum atomic E-state index is -2.93. The fourth-order valence-electron chi connectivity index (χ4n) is 10.7. The van der Waals surface area contributed by atoms with Crippen molar-refractivity contribution in [2.75, 3.05) is 0 Å². The number of furan rings is 1. The molecule has 0 atom stereocenters. The second kappa shape index (κ2) is 15.0. The van der Waals surface area contributed by atoms with Gasteiger partial charge in [-0.3, -0.25) is 0 Å². The summed E-state index contributed by atoms with van der Waals surface area (Å²) in [6.07, 6.45) is 0. The van der Waals surface area contributed by atoms with E-state index < -0.39 is 277 Å². The average Bonchev–Trinajstić information content (AvgIpc) is 3.99. The zero-order valence-corrected chi connectivity index (χ0v) is 38.6. The molecule has 0 unspecified atom stereocenters. The molecule has 412 valence electrons. The first-order chi connectivity index (χ1) is 37.2. The minimum absolute atomic E-state index is 1.01. The largest absolute Gasteiger partial charge is 0.506 e. The number of hydrogen-bond acceptors (Lipinski definition) is 31. The molecule has 1 aliphatic rings. The van der Waals surface area contributed by atoms with Crippen molar-refractivity contribution in [1.82, 2.24) is 0 Å². The van der Waals surface area contributed by atoms with Crippen molar-refractivity contribution in [2.45, 2.75) is 5.66 Å². The molecule has 9 aromatic carbocycles. The number of hydrogen-bond donors (Lipinski definition) is 30. The number of aromatic hydroxyl groups is 28. The Morgan fingerprint density at radius 2 is 0.438 bits per heavy atom. The van der Waals surface area contributed by atoms with E-state index in [-0.39, 0.29) is 0 Å². The molecule has 1 aliphatic carbocycles. The van der Waals surface area contributed by atoms with Crippen LogP contribution >= 0.6 is 0 Å². The van der Waals surface area contributed by atoms with Gasteiger partial charge in [0.25, 0.3) is 0 Å². The number of phenolic OH excluding ortho intramolecular Hbond substituents is 28. The van der Waals surface area contributed by atoms with Gasteiger partial charge in [-0.2, -0.15) is 0 Å². The second-order valence-corrected chi connectivity index (χ2v) is 18.1. The van der Waals surface area contributed by atoms with Crippen molar-refractivity contribution in [3.05, 3.63) is 11.1 Å². The number of nitrogens with two attached hydrogens (primary N) is 2. The highest BCUT2D eigenvalue weighted by Gasteiger charge is 2.50. The first-order valence-electron chi connectivity index (χ1n) is 21.7. The summed E-state index contributed by atoms with van der Waals surface area (Å²) in [5.41, 5.74) is -5.81. The first-order valence-corrected chi connectivity index (χ1v) is 21.7. The summed E-state index contributed by atoms with van der Waals surface area (Å²) in [6, 6.07) is 0. The first kappa shape index (κ1) is 50.1. The maximum absolute atomic E-state index is 12.2. The molecule has 0 spiro atoms. The lowest BCUT2D eigenvalue weighted by Gasteiger charge is -2.25. The van der Waals surface area contributed by atoms with Gasteiger partial charge in [-0.05, 0) is 0 Å². The van der Waals surface area contributed by atoms with E-state index in [0.717, 1.165) is 0 Å². The minimum Gasteiger partial charge on any atom is -0.506 e. The van der Waals surface area contributed by atoms with Crippen molar-refractivity contribution in [3.63, 3.8) is 0 Å². The van der Waals surface area contributed by atoms with Crippen molar-refractivity contribution in [3.8, 4) is 205 Å². The second-order valence-electron chi connectivity index (χ2n) is 18.1. The molecule has 31 nitrogen and oxygen atoms in total. The lowest BCUT2D eigenvalue weighted by Crippen LogP contribution is -2.45. The molecule has 11 rings (SSSR count). The standard InChI is InChI=1S/C49H32N2O29/c50-49(51)17-3(11-18(49)35(68)45(78)41(74)26(11)59)9(25(58)36(69)34(17)67)13-29(62)27(60)12(28(61)30(13)63)2-6-4(20(53)37(70)39(72)22(6)55)1(5-7(2)23(56)40(73)38(71)21(5)54)8-10-16-19(52)14-15(32(65)43(76)42(75)31(14)64)33(66)48(16)80-47(10)46(79)44(77)24(8)57/h52-79H,50-51H2. The van der Waals surface area contributed by atoms with E-state index in [9.17, 15) is 143 Å². The molecule has 0 fully saturated rings. The van der Waals surface area contributed by atoms with E-state index in [4.69, 9.17) is 15.9 Å². The maximum Gasteiger partial charge on any atom is 0.205 e. The topological polar surface area (TPSA) is 632 Å². The average molecular weight is 1110 g/mol. The van der Waals surface area contributed by atoms with E-state index >= 15 is 0 Å². The van der Waals surface area contributed by atoms with Crippen LogP contribution in [0, 0.1) is 0 Å². The van der Waals surface area contributed by atoms with Gasteiger partial charge < -0.3 is 159 Å². The van der Waals surface area contributed by atoms with Gasteiger partial charge in [0.1, 0.15) is 11.4 Å². The third-order valence-electron chi connectivity index (χ3n) is 14.2. The van der Waals surface area contributed by atoms with Crippen molar-refractivity contribution in [1.29, 1.82) is 0 Å². The van der Waals surface area contributed by atoms with Gasteiger partial charge in [0.05, 0.1) is 27.3 Å². The summed E-state index contributed by atoms with van der Waals surface area (Å²) >= 11 is 0. The zero-order valence-electron chi connectivity index (χ0n) is 38.6. The molecule has 0 saturated heterocycles. The van der Waals surface area contributed by atoms with E-state index in [1.54, 1.807) is 0 Å². The molecular formula is C49H32N2O29. The molecule has 0 amide bonds. The van der Waals surface area contributed by atoms with E-state index in [1.807, 2.05) is 0 Å². The van der Waals surface area contributed by atoms with E-state index in [0.29, 0.717) is 0 Å². The van der Waals surface area contributed by atoms with Gasteiger partial charge in [-0.15, -0.1) is 0 Å². The Morgan fingerprint density at radius 1 is 0.175 bits per heavy atom. The summed E-state index contributed by atoms with van der Waals surface area (Å²) in [5.74, 6) is -46.8. The van der Waals surface area contributed by atoms with Gasteiger partial charge in [-0.1, -0.05) is 0 Å². The molecule has 10 aromatic rings. The molecule has 1 aromatic heterocycles. The van der Waals surface area contributed by atoms with Crippen LogP contribution in [0.1, 0.15) is 11.1 Å². The van der Waals surface area contributed by atoms with Crippen LogP contribution in [0.5, 0.6) is 161 Å². The van der Waals surface area contributed by atoms with Gasteiger partial charge in [-0.25, -0.2) is 0 Å². The highest BCUT2D eigenvalue weighted by Crippen LogP contribution is 2.72. The Labute approximate surface area is 434 Å². The van der Waals surface area contributed by atoms with E-state index in [2.05, 4.69) is 0 Å². The van der Waals surface area contributed by atoms with Crippen LogP contribution < -0.4 is 11.5 Å². The molecule has 0 saturated carbocycles. The van der Waals surface area contributed by atoms with Gasteiger partial charge in [0.2, 0.25) is 63.2 Å². The highest BCUT2D eigenvalue weighted by molar-refractivity contribution is 6.35. The van der Waals surface area contributed by atoms with Gasteiger partial charge in [0, 0.05) is 71.4 Å². The molecule has 80 heavy (non-hydrogen) atoms. The quantitative estimate of drug-likeness (QED) is 0.0516. The number of phenols is 28. The van der Waals surface area contributed by atoms with Crippen LogP contribution in [0.15, 0.2) is 4.42 Å². The highest BCUT2D eigenvalue weighted by atomic mass is 16.4. The van der Waals surface area contributed by atoms with E-state index in [1.165, 1.54) is 0 Å². The number of rotatable bonds is 3. The summed E-state index contributed by atoms with van der Waals surface area (Å²) < 4.78 is 5.58. The molecule has 0 bridgehead atoms. The molecule has 0 aliphatic heterocycles. The SMILES string of the molecule is NC1(N)c2c(O)c(O)c(O)c(O)c2-c2c(-c3c(O)c(O)c(-c4c5c(O)c(O)c(O)c(O)c5c(-c5c(O)c(O)c(O)c6oc7c(O)c8c(O)c(O)c(O)c(O)c8c(O)c7c56)c5c(O)c(O)c(O)c(O)c45)c(O)c3O)c(O)c(O)c(O)c21. The lowest BCUT2D eigenvalue weighted by atomic mass is 9.81. The van der Waals surface area contributed by atoms with Crippen LogP contribution in [0.2, 0.25) is 0 Å². The summed E-state index contributed by atoms with van der Waals surface area (Å²) in [6.45, 7) is 0. The van der Waals surface area contributed by atoms with Crippen LogP contribution in [0.25, 0.3) is 98.8 Å². The van der Waals surface area contributed by atoms with Crippen LogP contribution in [-0.2, 0) is 5.66 Å². The Hall–Kier alpha value is -12.1. The van der Waals surface area contributed by atoms with Crippen molar-refractivity contribution >= 4 is 54.3 Å². The fraction of sp³-hybridized carbons (Fsp3) is 0.0204. The Kier molecular flexibility index (Phi) is 9.42. The Morgan fingerprint density at radius 3 is 0.863 bits per heavy atom. The van der Waals surface area contributed by atoms with Crippen LogP contribution in [0.3, 0.4) is 0 Å². The molecule has 1 heterocycles. The number of fused-ring (bicyclic) bond motifs is 9. The maximum atomic E-state index is 12.2. The van der Waals surface area contributed by atoms with Crippen LogP contribution in [0.4, 0.5) is 0 Å². The fourth-order valence-corrected chi connectivity index (χ4v) is 10.7. The molecular weight excluding hydrogens is 1080 g/mol. The van der Waals surface area contributed by atoms with Crippen molar-refractivity contribution in [2.24, 2.45) is 11.5 Å². The zero-order chi connectivity index (χ0) is 58.9. The number of benzene rings is 9. The normalized spacial score (nSPS) is 12.9. The Balaban J connectivity index is 1.38.